The summed E-state index contributed by atoms with van der Waals surface area (Å²) in [5.41, 5.74) is 0. The van der Waals surface area contributed by atoms with Crippen LogP contribution in [0.3, 0.4) is 0 Å². The number of carbonyl (C=O) groups is 2. The van der Waals surface area contributed by atoms with Gasteiger partial charge in [0, 0.05) is 12.8 Å². The van der Waals surface area contributed by atoms with Crippen molar-refractivity contribution in [1.29, 1.82) is 0 Å². The fourth-order valence-electron chi connectivity index (χ4n) is 6.13. The van der Waals surface area contributed by atoms with Gasteiger partial charge in [-0.3, -0.25) is 9.59 Å². The summed E-state index contributed by atoms with van der Waals surface area (Å²) in [7, 11) is 4.21. The Hall–Kier alpha value is -2.14. The monoisotopic (exact) mass is 657 g/mol. The molecule has 1 fully saturated rings. The van der Waals surface area contributed by atoms with Crippen molar-refractivity contribution in [3.05, 3.63) is 48.6 Å². The van der Waals surface area contributed by atoms with Gasteiger partial charge in [0.05, 0.1) is 14.1 Å². The van der Waals surface area contributed by atoms with Gasteiger partial charge in [0.1, 0.15) is 13.1 Å². The number of rotatable bonds is 30. The summed E-state index contributed by atoms with van der Waals surface area (Å²) in [5, 5.41) is 0. The predicted molar refractivity (Wildman–Crippen MR) is 200 cm³/mol. The number of esters is 2. The lowest BCUT2D eigenvalue weighted by Gasteiger charge is -2.22. The van der Waals surface area contributed by atoms with Crippen LogP contribution in [0.15, 0.2) is 48.6 Å². The molecule has 2 atom stereocenters. The Bertz CT molecular complexity index is 817. The lowest BCUT2D eigenvalue weighted by molar-refractivity contribution is -0.880. The Morgan fingerprint density at radius 2 is 0.809 bits per heavy atom. The standard InChI is InChI=1S/C42H74NO4/c1-5-7-9-11-13-15-17-19-21-23-25-27-29-31-33-35-41(44)46-39-37-43(3,4)38-40(39)47-42(45)36-34-32-30-28-26-24-22-20-18-16-14-12-10-8-6-2/h13-16,19-22,39-40H,5-12,17-18,23-38H2,1-4H3/q+1/b15-13-,16-14-,21-19-,22-20-/t39-,40?/m1/s1. The maximum Gasteiger partial charge on any atom is 0.306 e. The van der Waals surface area contributed by atoms with E-state index in [-0.39, 0.29) is 24.1 Å². The molecule has 1 aliphatic rings. The van der Waals surface area contributed by atoms with Gasteiger partial charge in [-0.25, -0.2) is 0 Å². The number of likely N-dealkylation sites (tertiary alicyclic amines) is 1. The first-order valence-corrected chi connectivity index (χ1v) is 19.7. The Morgan fingerprint density at radius 3 is 1.17 bits per heavy atom. The fourth-order valence-corrected chi connectivity index (χ4v) is 6.13. The number of allylic oxidation sites excluding steroid dienone is 8. The average Bonchev–Trinajstić information content (AvgIpc) is 3.32. The smallest absolute Gasteiger partial charge is 0.306 e. The minimum Gasteiger partial charge on any atom is -0.452 e. The molecule has 5 nitrogen and oxygen atoms in total. The second-order valence-corrected chi connectivity index (χ2v) is 14.3. The Labute approximate surface area is 290 Å². The number of hydrogen-bond acceptors (Lipinski definition) is 4. The Kier molecular flexibility index (Phi) is 27.3. The summed E-state index contributed by atoms with van der Waals surface area (Å²) in [6.45, 7) is 5.87. The zero-order chi connectivity index (χ0) is 34.3. The number of unbranched alkanes of at least 4 members (excludes halogenated alkanes) is 16. The normalized spacial score (nSPS) is 18.0. The number of nitrogens with zero attached hydrogens (tertiary/aromatic N) is 1. The number of hydrogen-bond donors (Lipinski definition) is 0. The molecule has 47 heavy (non-hydrogen) atoms. The number of quaternary nitrogens is 1. The van der Waals surface area contributed by atoms with Crippen LogP contribution in [0.5, 0.6) is 0 Å². The van der Waals surface area contributed by atoms with E-state index in [1.165, 1.54) is 77.0 Å². The molecule has 1 saturated heterocycles. The third-order valence-corrected chi connectivity index (χ3v) is 8.99. The molecule has 0 saturated carbocycles. The van der Waals surface area contributed by atoms with E-state index in [1.807, 2.05) is 0 Å². The van der Waals surface area contributed by atoms with Crippen LogP contribution in [0.1, 0.15) is 168 Å². The van der Waals surface area contributed by atoms with Crippen LogP contribution >= 0.6 is 0 Å². The van der Waals surface area contributed by atoms with Gasteiger partial charge in [-0.05, 0) is 77.0 Å². The lowest BCUT2D eigenvalue weighted by Crippen LogP contribution is -2.38. The molecule has 0 aromatic heterocycles. The van der Waals surface area contributed by atoms with Gasteiger partial charge in [0.25, 0.3) is 0 Å². The highest BCUT2D eigenvalue weighted by Gasteiger charge is 2.45. The molecule has 1 rings (SSSR count). The van der Waals surface area contributed by atoms with Crippen LogP contribution in [0.2, 0.25) is 0 Å². The molecule has 0 aliphatic carbocycles. The molecule has 0 N–H and O–H groups in total. The third-order valence-electron chi connectivity index (χ3n) is 8.99. The van der Waals surface area contributed by atoms with Gasteiger partial charge in [0.15, 0.2) is 12.2 Å². The van der Waals surface area contributed by atoms with Crippen LogP contribution < -0.4 is 0 Å². The van der Waals surface area contributed by atoms with Crippen molar-refractivity contribution in [2.24, 2.45) is 0 Å². The highest BCUT2D eigenvalue weighted by atomic mass is 16.6. The van der Waals surface area contributed by atoms with E-state index in [2.05, 4.69) is 76.6 Å². The highest BCUT2D eigenvalue weighted by molar-refractivity contribution is 5.70. The van der Waals surface area contributed by atoms with Crippen LogP contribution in [-0.2, 0) is 19.1 Å². The molecule has 0 spiro atoms. The minimum atomic E-state index is -0.343. The quantitative estimate of drug-likeness (QED) is 0.0334. The average molecular weight is 657 g/mol. The first-order chi connectivity index (χ1) is 22.9. The van der Waals surface area contributed by atoms with Crippen molar-refractivity contribution < 1.29 is 23.5 Å². The van der Waals surface area contributed by atoms with Gasteiger partial charge < -0.3 is 14.0 Å². The summed E-state index contributed by atoms with van der Waals surface area (Å²) in [4.78, 5) is 25.2. The van der Waals surface area contributed by atoms with Crippen molar-refractivity contribution in [3.8, 4) is 0 Å². The maximum absolute atomic E-state index is 12.6. The Morgan fingerprint density at radius 1 is 0.489 bits per heavy atom. The van der Waals surface area contributed by atoms with Gasteiger partial charge in [-0.1, -0.05) is 127 Å². The second kappa shape index (κ2) is 30.0. The highest BCUT2D eigenvalue weighted by Crippen LogP contribution is 2.23. The number of carbonyl (C=O) groups excluding carboxylic acids is 2. The molecule has 0 radical (unpaired) electrons. The molecule has 0 bridgehead atoms. The van der Waals surface area contributed by atoms with Crippen molar-refractivity contribution in [2.75, 3.05) is 27.2 Å². The van der Waals surface area contributed by atoms with Crippen molar-refractivity contribution in [2.45, 2.75) is 180 Å². The van der Waals surface area contributed by atoms with Gasteiger partial charge in [0.2, 0.25) is 0 Å². The fraction of sp³-hybridized carbons (Fsp3) is 0.762. The molecule has 0 aromatic carbocycles. The molecule has 1 unspecified atom stereocenters. The van der Waals surface area contributed by atoms with Crippen LogP contribution in [0, 0.1) is 0 Å². The number of ether oxygens (including phenoxy) is 2. The van der Waals surface area contributed by atoms with E-state index in [0.717, 1.165) is 64.2 Å². The summed E-state index contributed by atoms with van der Waals surface area (Å²) < 4.78 is 12.4. The van der Waals surface area contributed by atoms with Crippen molar-refractivity contribution in [1.82, 2.24) is 0 Å². The molecule has 0 amide bonds. The summed E-state index contributed by atoms with van der Waals surface area (Å²) in [6, 6.07) is 0. The first kappa shape index (κ1) is 42.9. The Balaban J connectivity index is 2.10. The van der Waals surface area contributed by atoms with Crippen LogP contribution in [-0.4, -0.2) is 55.8 Å². The minimum absolute atomic E-state index is 0.155. The van der Waals surface area contributed by atoms with E-state index in [1.54, 1.807) is 0 Å². The molecule has 1 heterocycles. The first-order valence-electron chi connectivity index (χ1n) is 19.7. The zero-order valence-corrected chi connectivity index (χ0v) is 31.2. The molecule has 1 aliphatic heterocycles. The van der Waals surface area contributed by atoms with Gasteiger partial charge in [-0.15, -0.1) is 0 Å². The van der Waals surface area contributed by atoms with Crippen molar-refractivity contribution in [3.63, 3.8) is 0 Å². The SMILES string of the molecule is CCCCC/C=C\C/C=C\CCCCCCCC(=O)OC1C[N+](C)(C)C[C@H]1OC(=O)CCCCCCC/C=C\C/C=C\CCCCC. The third kappa shape index (κ3) is 26.5. The van der Waals surface area contributed by atoms with E-state index in [9.17, 15) is 9.59 Å². The van der Waals surface area contributed by atoms with Crippen molar-refractivity contribution >= 4 is 11.9 Å². The summed E-state index contributed by atoms with van der Waals surface area (Å²) in [5.74, 6) is -0.310. The summed E-state index contributed by atoms with van der Waals surface area (Å²) in [6.07, 6.45) is 44.1. The van der Waals surface area contributed by atoms with Gasteiger partial charge in [-0.2, -0.15) is 0 Å². The van der Waals surface area contributed by atoms with E-state index >= 15 is 0 Å². The zero-order valence-electron chi connectivity index (χ0n) is 31.2. The largest absolute Gasteiger partial charge is 0.452 e. The topological polar surface area (TPSA) is 52.6 Å². The van der Waals surface area contributed by atoms with E-state index < -0.39 is 0 Å². The molecule has 5 heteroatoms. The predicted octanol–water partition coefficient (Wildman–Crippen LogP) is 11.5. The lowest BCUT2D eigenvalue weighted by atomic mass is 10.1. The van der Waals surface area contributed by atoms with Crippen LogP contribution in [0.25, 0.3) is 0 Å². The van der Waals surface area contributed by atoms with Crippen LogP contribution in [0.4, 0.5) is 0 Å². The molecule has 0 aromatic rings. The maximum atomic E-state index is 12.6. The second-order valence-electron chi connectivity index (χ2n) is 14.3. The van der Waals surface area contributed by atoms with E-state index in [0.29, 0.717) is 30.4 Å². The molecular weight excluding hydrogens is 582 g/mol. The van der Waals surface area contributed by atoms with E-state index in [4.69, 9.17) is 9.47 Å². The molecule has 270 valence electrons. The summed E-state index contributed by atoms with van der Waals surface area (Å²) >= 11 is 0. The molecular formula is C42H74NO4+. The van der Waals surface area contributed by atoms with Gasteiger partial charge >= 0.3 is 11.9 Å². The number of likely N-dealkylation sites (N-methyl/N-ethyl adjacent to an activating group) is 1.